The first-order chi connectivity index (χ1) is 13.9. The van der Waals surface area contributed by atoms with Gasteiger partial charge in [-0.05, 0) is 18.9 Å². The predicted octanol–water partition coefficient (Wildman–Crippen LogP) is 3.81. The fourth-order valence-corrected chi connectivity index (χ4v) is 7.04. The molecule has 29 heavy (non-hydrogen) atoms. The SMILES string of the molecule is C=CC1=C(C=C)S(=O)C2(CCN(C(=O)c3c(N)sc4ccccc34)CC2)CC1=O. The van der Waals surface area contributed by atoms with Crippen LogP contribution in [0, 0.1) is 0 Å². The van der Waals surface area contributed by atoms with Crippen molar-refractivity contribution in [2.24, 2.45) is 0 Å². The number of nitrogen functional groups attached to an aromatic ring is 1. The quantitative estimate of drug-likeness (QED) is 0.809. The van der Waals surface area contributed by atoms with E-state index in [-0.39, 0.29) is 18.1 Å². The summed E-state index contributed by atoms with van der Waals surface area (Å²) in [7, 11) is -1.36. The molecule has 0 saturated carbocycles. The molecule has 1 aromatic carbocycles. The highest BCUT2D eigenvalue weighted by atomic mass is 32.2. The zero-order valence-corrected chi connectivity index (χ0v) is 17.6. The van der Waals surface area contributed by atoms with Gasteiger partial charge < -0.3 is 10.6 Å². The molecule has 4 rings (SSSR count). The predicted molar refractivity (Wildman–Crippen MR) is 119 cm³/mol. The van der Waals surface area contributed by atoms with E-state index in [9.17, 15) is 13.8 Å². The molecule has 0 bridgehead atoms. The van der Waals surface area contributed by atoms with E-state index in [1.165, 1.54) is 23.5 Å². The molecule has 3 heterocycles. The summed E-state index contributed by atoms with van der Waals surface area (Å²) in [4.78, 5) is 28.0. The van der Waals surface area contributed by atoms with Crippen molar-refractivity contribution in [2.75, 3.05) is 18.8 Å². The Hall–Kier alpha value is -2.51. The van der Waals surface area contributed by atoms with Crippen LogP contribution in [0.25, 0.3) is 10.1 Å². The van der Waals surface area contributed by atoms with E-state index in [0.29, 0.717) is 47.0 Å². The van der Waals surface area contributed by atoms with Crippen LogP contribution < -0.4 is 5.73 Å². The lowest BCUT2D eigenvalue weighted by atomic mass is 9.87. The first-order valence-electron chi connectivity index (χ1n) is 9.42. The smallest absolute Gasteiger partial charge is 0.257 e. The van der Waals surface area contributed by atoms with Crippen LogP contribution >= 0.6 is 11.3 Å². The molecule has 1 fully saturated rings. The number of hydrogen-bond acceptors (Lipinski definition) is 5. The van der Waals surface area contributed by atoms with Gasteiger partial charge in [-0.15, -0.1) is 11.3 Å². The summed E-state index contributed by atoms with van der Waals surface area (Å²) in [6, 6.07) is 7.69. The second-order valence-corrected chi connectivity index (χ2v) is 10.3. The number of hydrogen-bond donors (Lipinski definition) is 1. The van der Waals surface area contributed by atoms with Crippen LogP contribution in [0.1, 0.15) is 29.6 Å². The number of nitrogens with two attached hydrogens (primary N) is 1. The third kappa shape index (κ3) is 3.09. The molecule has 1 unspecified atom stereocenters. The fraction of sp³-hybridized carbons (Fsp3) is 0.273. The molecule has 2 aliphatic heterocycles. The monoisotopic (exact) mass is 426 g/mol. The molecule has 7 heteroatoms. The molecule has 1 amide bonds. The van der Waals surface area contributed by atoms with Gasteiger partial charge in [-0.1, -0.05) is 43.5 Å². The summed E-state index contributed by atoms with van der Waals surface area (Å²) in [5, 5.41) is 1.38. The number of likely N-dealkylation sites (tertiary alicyclic amines) is 1. The number of rotatable bonds is 3. The van der Waals surface area contributed by atoms with Gasteiger partial charge >= 0.3 is 0 Å². The first kappa shape index (κ1) is 19.8. The van der Waals surface area contributed by atoms with Gasteiger partial charge in [0, 0.05) is 40.1 Å². The van der Waals surface area contributed by atoms with Crippen molar-refractivity contribution in [1.82, 2.24) is 4.90 Å². The molecule has 1 aromatic heterocycles. The zero-order chi connectivity index (χ0) is 20.8. The number of carbonyl (C=O) groups excluding carboxylic acids is 2. The second-order valence-electron chi connectivity index (χ2n) is 7.37. The number of carbonyl (C=O) groups is 2. The number of anilines is 1. The molecular weight excluding hydrogens is 404 g/mol. The number of Topliss-reactive ketones (excluding diaryl/α,β-unsaturated/α-hetero) is 1. The van der Waals surface area contributed by atoms with E-state index in [1.54, 1.807) is 4.90 Å². The summed E-state index contributed by atoms with van der Waals surface area (Å²) in [5.41, 5.74) is 7.10. The largest absolute Gasteiger partial charge is 0.390 e. The lowest BCUT2D eigenvalue weighted by Crippen LogP contribution is -2.51. The Balaban J connectivity index is 1.59. The van der Waals surface area contributed by atoms with E-state index in [0.717, 1.165) is 10.1 Å². The number of nitrogens with zero attached hydrogens (tertiary/aromatic N) is 1. The molecule has 1 spiro atoms. The van der Waals surface area contributed by atoms with Crippen LogP contribution in [0.15, 0.2) is 60.1 Å². The molecule has 2 N–H and O–H groups in total. The highest BCUT2D eigenvalue weighted by molar-refractivity contribution is 7.90. The van der Waals surface area contributed by atoms with E-state index in [2.05, 4.69) is 13.2 Å². The van der Waals surface area contributed by atoms with Crippen LogP contribution in [0.3, 0.4) is 0 Å². The van der Waals surface area contributed by atoms with Gasteiger partial charge in [-0.2, -0.15) is 0 Å². The van der Waals surface area contributed by atoms with E-state index < -0.39 is 15.5 Å². The Morgan fingerprint density at radius 2 is 1.90 bits per heavy atom. The van der Waals surface area contributed by atoms with Crippen LogP contribution in [-0.4, -0.2) is 38.6 Å². The lowest BCUT2D eigenvalue weighted by Gasteiger charge is -2.43. The Morgan fingerprint density at radius 3 is 2.55 bits per heavy atom. The fourth-order valence-electron chi connectivity index (χ4n) is 4.25. The van der Waals surface area contributed by atoms with Crippen molar-refractivity contribution in [3.8, 4) is 0 Å². The molecule has 1 saturated heterocycles. The first-order valence-corrected chi connectivity index (χ1v) is 11.4. The number of thiophene rings is 1. The summed E-state index contributed by atoms with van der Waals surface area (Å²) < 4.78 is 13.6. The van der Waals surface area contributed by atoms with Gasteiger partial charge in [0.2, 0.25) is 0 Å². The van der Waals surface area contributed by atoms with E-state index >= 15 is 0 Å². The maximum Gasteiger partial charge on any atom is 0.257 e. The average molecular weight is 427 g/mol. The van der Waals surface area contributed by atoms with Crippen LogP contribution in [0.2, 0.25) is 0 Å². The van der Waals surface area contributed by atoms with Crippen LogP contribution in [0.5, 0.6) is 0 Å². The van der Waals surface area contributed by atoms with E-state index in [4.69, 9.17) is 5.73 Å². The maximum absolute atomic E-state index is 13.2. The number of amides is 1. The molecule has 5 nitrogen and oxygen atoms in total. The van der Waals surface area contributed by atoms with Crippen molar-refractivity contribution in [1.29, 1.82) is 0 Å². The Bertz CT molecular complexity index is 1100. The number of benzene rings is 1. The molecule has 0 radical (unpaired) electrons. The van der Waals surface area contributed by atoms with Gasteiger partial charge in [-0.25, -0.2) is 0 Å². The lowest BCUT2D eigenvalue weighted by molar-refractivity contribution is -0.116. The van der Waals surface area contributed by atoms with Gasteiger partial charge in [0.15, 0.2) is 5.78 Å². The van der Waals surface area contributed by atoms with Gasteiger partial charge in [0.1, 0.15) is 0 Å². The summed E-state index contributed by atoms with van der Waals surface area (Å²) >= 11 is 1.41. The number of ketones is 1. The van der Waals surface area contributed by atoms with Crippen molar-refractivity contribution < 1.29 is 13.8 Å². The minimum Gasteiger partial charge on any atom is -0.390 e. The topological polar surface area (TPSA) is 80.5 Å². The molecule has 150 valence electrons. The Morgan fingerprint density at radius 1 is 1.21 bits per heavy atom. The third-order valence-corrected chi connectivity index (χ3v) is 8.95. The highest BCUT2D eigenvalue weighted by Gasteiger charge is 2.47. The summed E-state index contributed by atoms with van der Waals surface area (Å²) in [6.45, 7) is 8.29. The van der Waals surface area contributed by atoms with Crippen molar-refractivity contribution >= 4 is 48.9 Å². The number of fused-ring (bicyclic) bond motifs is 1. The van der Waals surface area contributed by atoms with Gasteiger partial charge in [0.05, 0.1) is 26.1 Å². The summed E-state index contributed by atoms with van der Waals surface area (Å²) in [6.07, 6.45) is 4.18. The van der Waals surface area contributed by atoms with Gasteiger partial charge in [0.25, 0.3) is 5.91 Å². The Labute approximate surface area is 176 Å². The minimum absolute atomic E-state index is 0.0534. The normalized spacial score (nSPS) is 21.6. The standard InChI is InChI=1S/C22H22N2O3S2/c1-3-14-16(25)13-22(29(27)18(14)4-2)9-11-24(12-10-22)21(26)19-15-7-5-6-8-17(15)28-20(19)23/h3-8H,1-2,9-13,23H2. The van der Waals surface area contributed by atoms with Crippen molar-refractivity contribution in [3.05, 3.63) is 65.6 Å². The van der Waals surface area contributed by atoms with Crippen LogP contribution in [-0.2, 0) is 15.6 Å². The van der Waals surface area contributed by atoms with Crippen molar-refractivity contribution in [2.45, 2.75) is 24.0 Å². The summed E-state index contributed by atoms with van der Waals surface area (Å²) in [5.74, 6) is -0.156. The maximum atomic E-state index is 13.2. The molecular formula is C22H22N2O3S2. The highest BCUT2D eigenvalue weighted by Crippen LogP contribution is 2.42. The number of allylic oxidation sites excluding steroid dienone is 3. The molecule has 2 aromatic rings. The minimum atomic E-state index is -1.36. The second kappa shape index (κ2) is 7.39. The third-order valence-electron chi connectivity index (χ3n) is 5.83. The molecule has 1 atom stereocenters. The van der Waals surface area contributed by atoms with Gasteiger partial charge in [-0.3, -0.25) is 13.8 Å². The van der Waals surface area contributed by atoms with E-state index in [1.807, 2.05) is 24.3 Å². The van der Waals surface area contributed by atoms with Crippen molar-refractivity contribution in [3.63, 3.8) is 0 Å². The molecule has 2 aliphatic rings. The average Bonchev–Trinajstić information content (AvgIpc) is 3.06. The Kier molecular flexibility index (Phi) is 5.04. The van der Waals surface area contributed by atoms with Crippen LogP contribution in [0.4, 0.5) is 5.00 Å². The molecule has 0 aliphatic carbocycles. The zero-order valence-electron chi connectivity index (χ0n) is 16.0. The number of piperidine rings is 1.